The van der Waals surface area contributed by atoms with Crippen LogP contribution in [0.15, 0.2) is 42.5 Å². The predicted molar refractivity (Wildman–Crippen MR) is 103 cm³/mol. The summed E-state index contributed by atoms with van der Waals surface area (Å²) in [5, 5.41) is 0.174. The maximum absolute atomic E-state index is 13.3. The summed E-state index contributed by atoms with van der Waals surface area (Å²) in [6, 6.07) is 11.0. The quantitative estimate of drug-likeness (QED) is 0.401. The Hall–Kier alpha value is -1.35. The second kappa shape index (κ2) is 6.18. The average Bonchev–Trinajstić information content (AvgIpc) is 2.53. The van der Waals surface area contributed by atoms with Crippen molar-refractivity contribution in [1.29, 1.82) is 0 Å². The minimum atomic E-state index is -1.87. The molecule has 1 aliphatic heterocycles. The summed E-state index contributed by atoms with van der Waals surface area (Å²) in [5.74, 6) is 1.09. The second-order valence-corrected chi connectivity index (χ2v) is 14.0. The van der Waals surface area contributed by atoms with Crippen molar-refractivity contribution >= 4 is 14.1 Å². The zero-order valence-electron chi connectivity index (χ0n) is 15.8. The van der Waals surface area contributed by atoms with Crippen LogP contribution in [0.25, 0.3) is 0 Å². The van der Waals surface area contributed by atoms with Crippen molar-refractivity contribution in [2.45, 2.75) is 64.2 Å². The molecule has 0 aromatic heterocycles. The van der Waals surface area contributed by atoms with Gasteiger partial charge in [-0.3, -0.25) is 4.79 Å². The number of carbonyl (C=O) groups excluding carboxylic acids is 1. The molecule has 1 unspecified atom stereocenters. The highest BCUT2D eigenvalue weighted by molar-refractivity contribution is 6.80. The highest BCUT2D eigenvalue weighted by Crippen LogP contribution is 2.54. The summed E-state index contributed by atoms with van der Waals surface area (Å²) in [5.41, 5.74) is 1.32. The van der Waals surface area contributed by atoms with E-state index in [0.717, 1.165) is 19.3 Å². The van der Waals surface area contributed by atoms with Crippen molar-refractivity contribution in [1.82, 2.24) is 4.57 Å². The van der Waals surface area contributed by atoms with E-state index >= 15 is 0 Å². The lowest BCUT2D eigenvalue weighted by Gasteiger charge is -2.60. The molecule has 1 fully saturated rings. The first-order valence-electron chi connectivity index (χ1n) is 9.28. The largest absolute Gasteiger partial charge is 0.361 e. The Morgan fingerprint density at radius 1 is 1.08 bits per heavy atom. The summed E-state index contributed by atoms with van der Waals surface area (Å²) in [6.45, 7) is 11.6. The van der Waals surface area contributed by atoms with Crippen LogP contribution in [0.1, 0.15) is 51.6 Å². The lowest BCUT2D eigenvalue weighted by atomic mass is 9.72. The number of hydrogen-bond donors (Lipinski definition) is 0. The van der Waals surface area contributed by atoms with Gasteiger partial charge in [-0.25, -0.2) is 0 Å². The van der Waals surface area contributed by atoms with Crippen LogP contribution in [0.4, 0.5) is 0 Å². The third-order valence-electron chi connectivity index (χ3n) is 6.54. The number of amides is 1. The van der Waals surface area contributed by atoms with E-state index < -0.39 is 8.24 Å². The van der Waals surface area contributed by atoms with Crippen molar-refractivity contribution in [2.24, 2.45) is 11.8 Å². The molecule has 3 heteroatoms. The lowest BCUT2D eigenvalue weighted by molar-refractivity contribution is -0.152. The van der Waals surface area contributed by atoms with Gasteiger partial charge in [0, 0.05) is 0 Å². The molecule has 3 rings (SSSR count). The van der Waals surface area contributed by atoms with Crippen molar-refractivity contribution < 1.29 is 4.79 Å². The molecule has 130 valence electrons. The lowest BCUT2D eigenvalue weighted by Crippen LogP contribution is -2.69. The van der Waals surface area contributed by atoms with Gasteiger partial charge in [0.1, 0.15) is 0 Å². The van der Waals surface area contributed by atoms with Gasteiger partial charge in [0.25, 0.3) is 0 Å². The van der Waals surface area contributed by atoms with E-state index in [1.54, 1.807) is 0 Å². The first kappa shape index (κ1) is 17.5. The van der Waals surface area contributed by atoms with Crippen LogP contribution >= 0.6 is 0 Å². The Bertz CT molecular complexity index is 629. The van der Waals surface area contributed by atoms with Crippen molar-refractivity contribution in [2.75, 3.05) is 0 Å². The van der Waals surface area contributed by atoms with Crippen LogP contribution in [-0.4, -0.2) is 18.7 Å². The van der Waals surface area contributed by atoms with Gasteiger partial charge in [0.15, 0.2) is 8.24 Å². The monoisotopic (exact) mass is 341 g/mol. The zero-order valence-corrected chi connectivity index (χ0v) is 16.8. The van der Waals surface area contributed by atoms with Crippen LogP contribution in [0.5, 0.6) is 0 Å². The van der Waals surface area contributed by atoms with Crippen molar-refractivity contribution in [3.8, 4) is 0 Å². The van der Waals surface area contributed by atoms with Crippen LogP contribution in [-0.2, 0) is 4.79 Å². The molecule has 2 nitrogen and oxygen atoms in total. The minimum absolute atomic E-state index is 0.173. The van der Waals surface area contributed by atoms with E-state index in [-0.39, 0.29) is 17.0 Å². The Morgan fingerprint density at radius 2 is 1.75 bits per heavy atom. The fourth-order valence-corrected chi connectivity index (χ4v) is 6.53. The van der Waals surface area contributed by atoms with Crippen LogP contribution < -0.4 is 0 Å². The molecule has 1 saturated heterocycles. The van der Waals surface area contributed by atoms with E-state index in [0.29, 0.717) is 11.8 Å². The molecular formula is C21H31NOSi. The molecular weight excluding hydrogens is 310 g/mol. The fourth-order valence-electron chi connectivity index (χ4n) is 4.11. The van der Waals surface area contributed by atoms with Gasteiger partial charge in [0.05, 0.1) is 12.0 Å². The van der Waals surface area contributed by atoms with Crippen LogP contribution in [0.2, 0.25) is 18.1 Å². The molecule has 0 bridgehead atoms. The van der Waals surface area contributed by atoms with E-state index in [4.69, 9.17) is 0 Å². The Labute approximate surface area is 148 Å². The molecule has 2 aliphatic rings. The third-order valence-corrected chi connectivity index (χ3v) is 11.9. The van der Waals surface area contributed by atoms with E-state index in [2.05, 4.69) is 80.9 Å². The number of hydrogen-bond acceptors (Lipinski definition) is 1. The molecule has 0 radical (unpaired) electrons. The minimum Gasteiger partial charge on any atom is -0.361 e. The van der Waals surface area contributed by atoms with E-state index in [9.17, 15) is 4.79 Å². The molecule has 1 heterocycles. The fraction of sp³-hybridized carbons (Fsp3) is 0.571. The third kappa shape index (κ3) is 2.77. The molecule has 1 aromatic carbocycles. The number of benzene rings is 1. The molecule has 0 saturated carbocycles. The summed E-state index contributed by atoms with van der Waals surface area (Å²) < 4.78 is 2.31. The second-order valence-electron chi connectivity index (χ2n) is 8.94. The molecule has 3 atom stereocenters. The predicted octanol–water partition coefficient (Wildman–Crippen LogP) is 5.55. The maximum Gasteiger partial charge on any atom is 0.221 e. The van der Waals surface area contributed by atoms with Crippen LogP contribution in [0.3, 0.4) is 0 Å². The van der Waals surface area contributed by atoms with E-state index in [1.165, 1.54) is 5.56 Å². The first-order chi connectivity index (χ1) is 11.2. The normalized spacial score (nSPS) is 28.0. The van der Waals surface area contributed by atoms with Gasteiger partial charge in [-0.05, 0) is 35.8 Å². The van der Waals surface area contributed by atoms with Gasteiger partial charge < -0.3 is 4.57 Å². The number of rotatable bonds is 3. The molecule has 0 N–H and O–H groups in total. The molecule has 24 heavy (non-hydrogen) atoms. The first-order valence-corrected chi connectivity index (χ1v) is 12.2. The summed E-state index contributed by atoms with van der Waals surface area (Å²) in [7, 11) is -1.87. The SMILES string of the molecule is CC(C)(C)[Si](C)(C)N1C(=O)[C@@H](C2CC=CCC2)[C@H]1c1ccccc1. The van der Waals surface area contributed by atoms with Gasteiger partial charge in [-0.1, -0.05) is 76.3 Å². The van der Waals surface area contributed by atoms with Gasteiger partial charge in [-0.2, -0.15) is 0 Å². The number of allylic oxidation sites excluding steroid dienone is 2. The topological polar surface area (TPSA) is 20.3 Å². The molecule has 0 spiro atoms. The highest BCUT2D eigenvalue weighted by Gasteiger charge is 2.59. The van der Waals surface area contributed by atoms with Gasteiger partial charge in [0.2, 0.25) is 5.91 Å². The van der Waals surface area contributed by atoms with Gasteiger partial charge in [-0.15, -0.1) is 0 Å². The molecule has 1 aliphatic carbocycles. The summed E-state index contributed by atoms with van der Waals surface area (Å²) >= 11 is 0. The van der Waals surface area contributed by atoms with Crippen molar-refractivity contribution in [3.63, 3.8) is 0 Å². The maximum atomic E-state index is 13.3. The summed E-state index contributed by atoms with van der Waals surface area (Å²) in [4.78, 5) is 13.3. The molecule has 1 amide bonds. The highest BCUT2D eigenvalue weighted by atomic mass is 28.3. The molecule has 1 aromatic rings. The Kier molecular flexibility index (Phi) is 4.50. The smallest absolute Gasteiger partial charge is 0.221 e. The average molecular weight is 342 g/mol. The number of β-lactam (4-membered cyclic amide) rings is 1. The Morgan fingerprint density at radius 3 is 2.29 bits per heavy atom. The number of carbonyl (C=O) groups is 1. The number of nitrogens with zero attached hydrogens (tertiary/aromatic N) is 1. The van der Waals surface area contributed by atoms with Gasteiger partial charge >= 0.3 is 0 Å². The summed E-state index contributed by atoms with van der Waals surface area (Å²) in [6.07, 6.45) is 7.88. The Balaban J connectivity index is 1.98. The standard InChI is InChI=1S/C21H31NOSi/c1-21(2,3)24(4,5)22-19(17-14-10-7-11-15-17)18(20(22)23)16-12-8-6-9-13-16/h6-8,10-11,14-16,18-19H,9,12-13H2,1-5H3/t16?,18-,19+/m0/s1. The van der Waals surface area contributed by atoms with Crippen LogP contribution in [0, 0.1) is 11.8 Å². The zero-order chi connectivity index (χ0) is 17.5. The van der Waals surface area contributed by atoms with Crippen molar-refractivity contribution in [3.05, 3.63) is 48.0 Å². The van der Waals surface area contributed by atoms with E-state index in [1.807, 2.05) is 0 Å².